The number of benzene rings is 2. The quantitative estimate of drug-likeness (QED) is 0.811. The zero-order chi connectivity index (χ0) is 14.7. The minimum atomic E-state index is 0.372. The van der Waals surface area contributed by atoms with Crippen LogP contribution >= 0.6 is 11.8 Å². The number of anilines is 1. The summed E-state index contributed by atoms with van der Waals surface area (Å²) < 4.78 is 5.39. The first-order valence-corrected chi connectivity index (χ1v) is 8.60. The molecule has 2 aromatic carbocycles. The predicted molar refractivity (Wildman–Crippen MR) is 90.5 cm³/mol. The van der Waals surface area contributed by atoms with Crippen molar-refractivity contribution in [3.8, 4) is 5.75 Å². The molecule has 0 amide bonds. The highest BCUT2D eigenvalue weighted by molar-refractivity contribution is 7.98. The number of thioether (sulfide) groups is 1. The summed E-state index contributed by atoms with van der Waals surface area (Å²) in [6, 6.07) is 15.4. The number of hydrogen-bond acceptors (Lipinski definition) is 3. The summed E-state index contributed by atoms with van der Waals surface area (Å²) in [5.74, 6) is 0.945. The van der Waals surface area contributed by atoms with Gasteiger partial charge in [0.25, 0.3) is 0 Å². The summed E-state index contributed by atoms with van der Waals surface area (Å²) in [6.45, 7) is 0. The summed E-state index contributed by atoms with van der Waals surface area (Å²) in [7, 11) is 1.73. The van der Waals surface area contributed by atoms with Crippen LogP contribution in [0.3, 0.4) is 0 Å². The fourth-order valence-corrected chi connectivity index (χ4v) is 3.57. The zero-order valence-electron chi connectivity index (χ0n) is 12.6. The summed E-state index contributed by atoms with van der Waals surface area (Å²) in [6.07, 6.45) is 5.70. The van der Waals surface area contributed by atoms with Crippen LogP contribution in [0.4, 0.5) is 5.69 Å². The fourth-order valence-electron chi connectivity index (χ4n) is 3.01. The SMILES string of the molecule is COc1ccc2c(c1)C(Nc1ccccc1SC)CCC2. The van der Waals surface area contributed by atoms with Crippen molar-refractivity contribution in [2.45, 2.75) is 30.2 Å². The van der Waals surface area contributed by atoms with Gasteiger partial charge >= 0.3 is 0 Å². The number of aryl methyl sites for hydroxylation is 1. The normalized spacial score (nSPS) is 17.1. The molecule has 0 aliphatic heterocycles. The summed E-state index contributed by atoms with van der Waals surface area (Å²) in [5.41, 5.74) is 4.06. The Kier molecular flexibility index (Phi) is 4.39. The number of rotatable bonds is 4. The van der Waals surface area contributed by atoms with Crippen LogP contribution in [0.2, 0.25) is 0 Å². The highest BCUT2D eigenvalue weighted by Gasteiger charge is 2.21. The van der Waals surface area contributed by atoms with Crippen molar-refractivity contribution in [3.63, 3.8) is 0 Å². The minimum absolute atomic E-state index is 0.372. The summed E-state index contributed by atoms with van der Waals surface area (Å²) in [4.78, 5) is 1.30. The van der Waals surface area contributed by atoms with E-state index in [0.29, 0.717) is 6.04 Å². The second-order valence-corrected chi connectivity index (χ2v) is 6.20. The van der Waals surface area contributed by atoms with Crippen LogP contribution in [0.5, 0.6) is 5.75 Å². The lowest BCUT2D eigenvalue weighted by molar-refractivity contribution is 0.413. The Balaban J connectivity index is 1.91. The Morgan fingerprint density at radius 2 is 2.05 bits per heavy atom. The van der Waals surface area contributed by atoms with E-state index in [0.717, 1.165) is 5.75 Å². The van der Waals surface area contributed by atoms with Gasteiger partial charge in [-0.15, -0.1) is 11.8 Å². The van der Waals surface area contributed by atoms with Crippen LogP contribution in [0, 0.1) is 0 Å². The van der Waals surface area contributed by atoms with Gasteiger partial charge < -0.3 is 10.1 Å². The molecule has 0 aromatic heterocycles. The number of nitrogens with one attached hydrogen (secondary N) is 1. The lowest BCUT2D eigenvalue weighted by Crippen LogP contribution is -2.17. The van der Waals surface area contributed by atoms with Gasteiger partial charge in [-0.3, -0.25) is 0 Å². The number of ether oxygens (including phenoxy) is 1. The van der Waals surface area contributed by atoms with E-state index in [4.69, 9.17) is 4.74 Å². The highest BCUT2D eigenvalue weighted by Crippen LogP contribution is 2.36. The molecule has 0 saturated heterocycles. The monoisotopic (exact) mass is 299 g/mol. The fraction of sp³-hybridized carbons (Fsp3) is 0.333. The van der Waals surface area contributed by atoms with E-state index in [2.05, 4.69) is 54.0 Å². The van der Waals surface area contributed by atoms with Gasteiger partial charge in [-0.2, -0.15) is 0 Å². The zero-order valence-corrected chi connectivity index (χ0v) is 13.4. The van der Waals surface area contributed by atoms with E-state index in [1.807, 2.05) is 0 Å². The van der Waals surface area contributed by atoms with Crippen molar-refractivity contribution in [1.29, 1.82) is 0 Å². The molecule has 0 radical (unpaired) electrons. The molecule has 2 nitrogen and oxygen atoms in total. The van der Waals surface area contributed by atoms with Crippen LogP contribution in [-0.2, 0) is 6.42 Å². The third kappa shape index (κ3) is 3.03. The topological polar surface area (TPSA) is 21.3 Å². The molecule has 21 heavy (non-hydrogen) atoms. The maximum absolute atomic E-state index is 5.39. The van der Waals surface area contributed by atoms with Crippen molar-refractivity contribution >= 4 is 17.4 Å². The molecule has 0 bridgehead atoms. The lowest BCUT2D eigenvalue weighted by atomic mass is 9.87. The average Bonchev–Trinajstić information content (AvgIpc) is 2.55. The standard InChI is InChI=1S/C18H21NOS/c1-20-14-11-10-13-6-5-8-16(15(13)12-14)19-17-7-3-4-9-18(17)21-2/h3-4,7,9-12,16,19H,5-6,8H2,1-2H3. The second-order valence-electron chi connectivity index (χ2n) is 5.35. The molecule has 0 spiro atoms. The number of fused-ring (bicyclic) bond motifs is 1. The number of methoxy groups -OCH3 is 1. The van der Waals surface area contributed by atoms with Gasteiger partial charge in [-0.05, 0) is 60.9 Å². The number of hydrogen-bond donors (Lipinski definition) is 1. The molecule has 3 rings (SSSR count). The van der Waals surface area contributed by atoms with Crippen molar-refractivity contribution in [2.75, 3.05) is 18.7 Å². The molecular weight excluding hydrogens is 278 g/mol. The molecule has 110 valence electrons. The van der Waals surface area contributed by atoms with E-state index in [9.17, 15) is 0 Å². The molecule has 1 aliphatic rings. The first-order chi connectivity index (χ1) is 10.3. The van der Waals surface area contributed by atoms with E-state index < -0.39 is 0 Å². The van der Waals surface area contributed by atoms with Crippen molar-refractivity contribution in [3.05, 3.63) is 53.6 Å². The second kappa shape index (κ2) is 6.44. The van der Waals surface area contributed by atoms with Crippen LogP contribution < -0.4 is 10.1 Å². The molecule has 0 fully saturated rings. The van der Waals surface area contributed by atoms with E-state index in [1.165, 1.54) is 41.0 Å². The molecule has 2 aromatic rings. The summed E-state index contributed by atoms with van der Waals surface area (Å²) in [5, 5.41) is 3.73. The first kappa shape index (κ1) is 14.3. The van der Waals surface area contributed by atoms with E-state index in [1.54, 1.807) is 18.9 Å². The third-order valence-corrected chi connectivity index (χ3v) is 4.90. The molecule has 0 saturated carbocycles. The number of para-hydroxylation sites is 1. The third-order valence-electron chi connectivity index (χ3n) is 4.10. The van der Waals surface area contributed by atoms with Gasteiger partial charge in [0, 0.05) is 10.6 Å². The van der Waals surface area contributed by atoms with Crippen LogP contribution in [-0.4, -0.2) is 13.4 Å². The smallest absolute Gasteiger partial charge is 0.119 e. The Bertz CT molecular complexity index is 626. The largest absolute Gasteiger partial charge is 0.497 e. The van der Waals surface area contributed by atoms with E-state index >= 15 is 0 Å². The molecule has 3 heteroatoms. The van der Waals surface area contributed by atoms with Gasteiger partial charge in [0.1, 0.15) is 5.75 Å². The molecule has 0 heterocycles. The maximum Gasteiger partial charge on any atom is 0.119 e. The van der Waals surface area contributed by atoms with E-state index in [-0.39, 0.29) is 0 Å². The highest BCUT2D eigenvalue weighted by atomic mass is 32.2. The molecule has 1 unspecified atom stereocenters. The predicted octanol–water partition coefficient (Wildman–Crippen LogP) is 4.91. The van der Waals surface area contributed by atoms with Crippen molar-refractivity contribution in [1.82, 2.24) is 0 Å². The molecule has 1 aliphatic carbocycles. The summed E-state index contributed by atoms with van der Waals surface area (Å²) >= 11 is 1.79. The molecule has 1 N–H and O–H groups in total. The molecular formula is C18H21NOS. The van der Waals surface area contributed by atoms with Gasteiger partial charge in [0.05, 0.1) is 13.2 Å². The van der Waals surface area contributed by atoms with Gasteiger partial charge in [0.15, 0.2) is 0 Å². The lowest BCUT2D eigenvalue weighted by Gasteiger charge is -2.28. The Morgan fingerprint density at radius 1 is 1.19 bits per heavy atom. The maximum atomic E-state index is 5.39. The van der Waals surface area contributed by atoms with Crippen LogP contribution in [0.1, 0.15) is 30.0 Å². The van der Waals surface area contributed by atoms with Crippen molar-refractivity contribution in [2.24, 2.45) is 0 Å². The van der Waals surface area contributed by atoms with Crippen LogP contribution in [0.15, 0.2) is 47.4 Å². The van der Waals surface area contributed by atoms with Crippen molar-refractivity contribution < 1.29 is 4.74 Å². The minimum Gasteiger partial charge on any atom is -0.497 e. The van der Waals surface area contributed by atoms with Gasteiger partial charge in [-0.1, -0.05) is 18.2 Å². The Morgan fingerprint density at radius 3 is 2.86 bits per heavy atom. The van der Waals surface area contributed by atoms with Crippen LogP contribution in [0.25, 0.3) is 0 Å². The Labute approximate surface area is 130 Å². The van der Waals surface area contributed by atoms with Gasteiger partial charge in [-0.25, -0.2) is 0 Å². The first-order valence-electron chi connectivity index (χ1n) is 7.38. The Hall–Kier alpha value is -1.61. The average molecular weight is 299 g/mol. The molecule has 1 atom stereocenters. The van der Waals surface area contributed by atoms with Gasteiger partial charge in [0.2, 0.25) is 0 Å².